The van der Waals surface area contributed by atoms with Gasteiger partial charge in [-0.05, 0) is 44.4 Å². The van der Waals surface area contributed by atoms with Crippen LogP contribution in [0.2, 0.25) is 0 Å². The summed E-state index contributed by atoms with van der Waals surface area (Å²) in [5.41, 5.74) is 2.70. The maximum atomic E-state index is 15.4. The van der Waals surface area contributed by atoms with Crippen LogP contribution in [0, 0.1) is 18.6 Å². The Morgan fingerprint density at radius 3 is 2.56 bits per heavy atom. The first-order chi connectivity index (χ1) is 19.7. The lowest BCUT2D eigenvalue weighted by atomic mass is 10.0. The molecule has 1 saturated heterocycles. The highest BCUT2D eigenvalue weighted by molar-refractivity contribution is 6.02. The van der Waals surface area contributed by atoms with Crippen LogP contribution in [-0.4, -0.2) is 42.6 Å². The van der Waals surface area contributed by atoms with Gasteiger partial charge in [0.05, 0.1) is 22.3 Å². The van der Waals surface area contributed by atoms with E-state index >= 15 is 4.39 Å². The number of ether oxygens (including phenoxy) is 1. The Morgan fingerprint density at radius 1 is 1.12 bits per heavy atom. The number of hydrogen-bond donors (Lipinski definition) is 1. The molecule has 1 aliphatic rings. The van der Waals surface area contributed by atoms with Crippen molar-refractivity contribution in [2.45, 2.75) is 39.7 Å². The second-order valence-corrected chi connectivity index (χ2v) is 9.85. The summed E-state index contributed by atoms with van der Waals surface area (Å²) in [6.45, 7) is 1.88. The molecule has 1 N–H and O–H groups in total. The number of halogens is 4. The van der Waals surface area contributed by atoms with E-state index in [1.165, 1.54) is 12.1 Å². The first-order valence-corrected chi connectivity index (χ1v) is 13.3. The van der Waals surface area contributed by atoms with E-state index in [0.29, 0.717) is 59.2 Å². The number of piperidine rings is 1. The van der Waals surface area contributed by atoms with E-state index in [2.05, 4.69) is 20.0 Å². The van der Waals surface area contributed by atoms with Crippen molar-refractivity contribution in [1.29, 1.82) is 0 Å². The van der Waals surface area contributed by atoms with Crippen molar-refractivity contribution in [2.24, 2.45) is 0 Å². The largest absolute Gasteiger partial charge is 0.435 e. The number of anilines is 4. The van der Waals surface area contributed by atoms with Crippen molar-refractivity contribution >= 4 is 39.8 Å². The number of carbonyl (C=O) groups is 1. The zero-order valence-electron chi connectivity index (χ0n) is 22.8. The topological polar surface area (TPSA) is 70.6 Å². The van der Waals surface area contributed by atoms with Crippen LogP contribution >= 0.6 is 0 Å². The highest BCUT2D eigenvalue weighted by Crippen LogP contribution is 2.40. The van der Waals surface area contributed by atoms with Crippen LogP contribution in [0.15, 0.2) is 48.7 Å². The summed E-state index contributed by atoms with van der Waals surface area (Å²) in [5, 5.41) is 3.42. The van der Waals surface area contributed by atoms with E-state index in [-0.39, 0.29) is 22.6 Å². The SMILES string of the molecule is CCN(C)c1cc(Nc2c(C)c(N3CCCCC3=O)nc3cc(F)cc(F)c23)c(-c2ccc(OC(F)F)cc2)cn1. The Balaban J connectivity index is 1.69. The quantitative estimate of drug-likeness (QED) is 0.227. The standard InChI is InChI=1S/C30H29F4N5O2/c1-4-38(3)25-15-23(21(16-35-25)18-8-10-20(11-9-18)41-30(33)34)36-28-17(2)29(39-12-6-5-7-26(39)40)37-24-14-19(31)13-22(32)27(24)28/h8-11,13-16,30H,4-7,12H2,1-3H3,(H,35,36,37). The van der Waals surface area contributed by atoms with Gasteiger partial charge >= 0.3 is 6.61 Å². The molecular weight excluding hydrogens is 538 g/mol. The van der Waals surface area contributed by atoms with E-state index < -0.39 is 18.2 Å². The maximum absolute atomic E-state index is 15.4. The molecule has 0 aliphatic carbocycles. The fourth-order valence-electron chi connectivity index (χ4n) is 4.94. The van der Waals surface area contributed by atoms with E-state index in [4.69, 9.17) is 0 Å². The zero-order chi connectivity index (χ0) is 29.3. The Kier molecular flexibility index (Phi) is 7.96. The van der Waals surface area contributed by atoms with Crippen LogP contribution in [0.25, 0.3) is 22.0 Å². The van der Waals surface area contributed by atoms with Gasteiger partial charge in [-0.1, -0.05) is 12.1 Å². The molecule has 1 aliphatic heterocycles. The van der Waals surface area contributed by atoms with Gasteiger partial charge in [0.1, 0.15) is 29.0 Å². The summed E-state index contributed by atoms with van der Waals surface area (Å²) >= 11 is 0. The van der Waals surface area contributed by atoms with Crippen molar-refractivity contribution in [1.82, 2.24) is 9.97 Å². The average molecular weight is 568 g/mol. The first kappa shape index (κ1) is 28.1. The molecule has 1 amide bonds. The van der Waals surface area contributed by atoms with Gasteiger partial charge in [-0.3, -0.25) is 9.69 Å². The molecule has 5 rings (SSSR count). The second kappa shape index (κ2) is 11.6. The van der Waals surface area contributed by atoms with Gasteiger partial charge in [0.25, 0.3) is 0 Å². The van der Waals surface area contributed by atoms with Crippen LogP contribution in [0.1, 0.15) is 31.7 Å². The van der Waals surface area contributed by atoms with Gasteiger partial charge in [-0.15, -0.1) is 0 Å². The number of rotatable bonds is 8. The van der Waals surface area contributed by atoms with Crippen molar-refractivity contribution in [3.05, 3.63) is 65.9 Å². The summed E-state index contributed by atoms with van der Waals surface area (Å²) in [4.78, 5) is 25.4. The number of hydrogen-bond acceptors (Lipinski definition) is 6. The molecule has 3 heterocycles. The molecule has 4 aromatic rings. The molecule has 0 bridgehead atoms. The number of carbonyl (C=O) groups excluding carboxylic acids is 1. The Bertz CT molecular complexity index is 1600. The molecular formula is C30H29F4N5O2. The normalized spacial score (nSPS) is 13.7. The molecule has 0 unspecified atom stereocenters. The molecule has 0 atom stereocenters. The monoisotopic (exact) mass is 567 g/mol. The lowest BCUT2D eigenvalue weighted by molar-refractivity contribution is -0.119. The number of nitrogens with one attached hydrogen (secondary N) is 1. The van der Waals surface area contributed by atoms with E-state index in [1.54, 1.807) is 36.2 Å². The third-order valence-electron chi connectivity index (χ3n) is 7.21. The van der Waals surface area contributed by atoms with E-state index in [9.17, 15) is 18.0 Å². The first-order valence-electron chi connectivity index (χ1n) is 13.3. The third-order valence-corrected chi connectivity index (χ3v) is 7.21. The highest BCUT2D eigenvalue weighted by atomic mass is 19.3. The van der Waals surface area contributed by atoms with Gasteiger partial charge in [0.15, 0.2) is 0 Å². The maximum Gasteiger partial charge on any atom is 0.387 e. The molecule has 0 radical (unpaired) electrons. The third kappa shape index (κ3) is 5.75. The molecule has 214 valence electrons. The van der Waals surface area contributed by atoms with Crippen molar-refractivity contribution in [3.63, 3.8) is 0 Å². The minimum Gasteiger partial charge on any atom is -0.435 e. The van der Waals surface area contributed by atoms with Crippen molar-refractivity contribution < 1.29 is 27.1 Å². The van der Waals surface area contributed by atoms with Gasteiger partial charge < -0.3 is 15.0 Å². The molecule has 7 nitrogen and oxygen atoms in total. The fourth-order valence-corrected chi connectivity index (χ4v) is 4.94. The number of amides is 1. The number of alkyl halides is 2. The molecule has 11 heteroatoms. The van der Waals surface area contributed by atoms with E-state index in [0.717, 1.165) is 25.0 Å². The Labute approximate surface area is 234 Å². The lowest BCUT2D eigenvalue weighted by Gasteiger charge is -2.29. The van der Waals surface area contributed by atoms with Crippen LogP contribution in [-0.2, 0) is 4.79 Å². The summed E-state index contributed by atoms with van der Waals surface area (Å²) in [6.07, 6.45) is 3.56. The minimum atomic E-state index is -2.95. The Morgan fingerprint density at radius 2 is 1.88 bits per heavy atom. The van der Waals surface area contributed by atoms with Crippen LogP contribution in [0.5, 0.6) is 5.75 Å². The molecule has 1 fully saturated rings. The molecule has 2 aromatic heterocycles. The number of nitrogens with zero attached hydrogens (tertiary/aromatic N) is 4. The molecule has 41 heavy (non-hydrogen) atoms. The predicted octanol–water partition coefficient (Wildman–Crippen LogP) is 7.20. The molecule has 2 aromatic carbocycles. The van der Waals surface area contributed by atoms with Crippen molar-refractivity contribution in [3.8, 4) is 16.9 Å². The van der Waals surface area contributed by atoms with Gasteiger partial charge in [0, 0.05) is 62.1 Å². The number of benzene rings is 2. The Hall–Kier alpha value is -4.41. The molecule has 0 spiro atoms. The van der Waals surface area contributed by atoms with Crippen LogP contribution in [0.4, 0.5) is 40.6 Å². The smallest absolute Gasteiger partial charge is 0.387 e. The van der Waals surface area contributed by atoms with Crippen LogP contribution < -0.4 is 19.9 Å². The zero-order valence-corrected chi connectivity index (χ0v) is 22.8. The van der Waals surface area contributed by atoms with Gasteiger partial charge in [0.2, 0.25) is 5.91 Å². The highest BCUT2D eigenvalue weighted by Gasteiger charge is 2.26. The second-order valence-electron chi connectivity index (χ2n) is 9.85. The molecule has 0 saturated carbocycles. The van der Waals surface area contributed by atoms with Crippen LogP contribution in [0.3, 0.4) is 0 Å². The predicted molar refractivity (Wildman–Crippen MR) is 151 cm³/mol. The van der Waals surface area contributed by atoms with E-state index in [1.807, 2.05) is 18.9 Å². The van der Waals surface area contributed by atoms with Crippen molar-refractivity contribution in [2.75, 3.05) is 35.3 Å². The number of aromatic nitrogens is 2. The van der Waals surface area contributed by atoms with Gasteiger partial charge in [-0.2, -0.15) is 8.78 Å². The average Bonchev–Trinajstić information content (AvgIpc) is 2.94. The minimum absolute atomic E-state index is 0.00413. The summed E-state index contributed by atoms with van der Waals surface area (Å²) in [6, 6.07) is 9.82. The summed E-state index contributed by atoms with van der Waals surface area (Å²) in [7, 11) is 1.87. The summed E-state index contributed by atoms with van der Waals surface area (Å²) < 4.78 is 59.6. The fraction of sp³-hybridized carbons (Fsp3) is 0.300. The lowest BCUT2D eigenvalue weighted by Crippen LogP contribution is -2.36. The van der Waals surface area contributed by atoms with Gasteiger partial charge in [-0.25, -0.2) is 18.7 Å². The number of pyridine rings is 2. The number of fused-ring (bicyclic) bond motifs is 1. The summed E-state index contributed by atoms with van der Waals surface area (Å²) in [5.74, 6) is -0.712.